The Morgan fingerprint density at radius 2 is 1.50 bits per heavy atom. The van der Waals surface area contributed by atoms with Crippen molar-refractivity contribution in [1.29, 1.82) is 0 Å². The molecule has 0 aromatic heterocycles. The molecule has 0 saturated heterocycles. The summed E-state index contributed by atoms with van der Waals surface area (Å²) < 4.78 is 22.2. The van der Waals surface area contributed by atoms with E-state index in [1.54, 1.807) is 14.1 Å². The minimum atomic E-state index is -2.92. The molecule has 0 bridgehead atoms. The van der Waals surface area contributed by atoms with Crippen molar-refractivity contribution in [2.45, 2.75) is 0 Å². The van der Waals surface area contributed by atoms with Crippen LogP contribution in [0, 0.1) is 0 Å². The van der Waals surface area contributed by atoms with Gasteiger partial charge in [-0.3, -0.25) is 4.79 Å². The molecule has 0 aliphatic rings. The third-order valence-corrected chi connectivity index (χ3v) is 1.47. The van der Waals surface area contributed by atoms with Crippen LogP contribution in [-0.4, -0.2) is 35.2 Å². The van der Waals surface area contributed by atoms with Gasteiger partial charge in [0.1, 0.15) is 0 Å². The maximum absolute atomic E-state index is 9.43. The van der Waals surface area contributed by atoms with Crippen LogP contribution in [0.4, 0.5) is 0 Å². The van der Waals surface area contributed by atoms with Crippen LogP contribution < -0.4 is 0 Å². The smallest absolute Gasteiger partial charge is 0.351 e. The third-order valence-electron chi connectivity index (χ3n) is 0.351. The predicted molar refractivity (Wildman–Crippen MR) is 40.5 cm³/mol. The lowest BCUT2D eigenvalue weighted by Crippen LogP contribution is -2.06. The predicted octanol–water partition coefficient (Wildman–Crippen LogP) is 0.00680. The highest BCUT2D eigenvalue weighted by Crippen LogP contribution is 2.30. The van der Waals surface area contributed by atoms with Gasteiger partial charge in [-0.1, -0.05) is 0 Å². The minimum absolute atomic E-state index is 0.750. The Kier molecular flexibility index (Phi) is 10.2. The van der Waals surface area contributed by atoms with Crippen molar-refractivity contribution in [2.75, 3.05) is 14.1 Å². The van der Waals surface area contributed by atoms with Gasteiger partial charge in [-0.05, 0) is 0 Å². The molecule has 2 N–H and O–H groups in total. The topological polar surface area (TPSA) is 104 Å². The number of hydrogen-bond donors (Lipinski definition) is 2. The fourth-order valence-electron chi connectivity index (χ4n) is 0.0598. The fraction of sp³-hybridized carbons (Fsp3) is 0.667. The summed E-state index contributed by atoms with van der Waals surface area (Å²) in [6, 6.07) is 0. The van der Waals surface area contributed by atoms with Gasteiger partial charge in [0.05, 0.1) is 0 Å². The van der Waals surface area contributed by atoms with Crippen LogP contribution in [0.3, 0.4) is 0 Å². The van der Waals surface area contributed by atoms with Crippen molar-refractivity contribution < 1.29 is 28.0 Å². The van der Waals surface area contributed by atoms with Crippen LogP contribution in [0.15, 0.2) is 0 Å². The molecule has 7 nitrogen and oxygen atoms in total. The molecule has 0 fully saturated rings. The molecule has 0 rings (SSSR count). The normalized spacial score (nSPS) is 10.7. The van der Waals surface area contributed by atoms with E-state index in [4.69, 9.17) is 9.79 Å². The van der Waals surface area contributed by atoms with Crippen LogP contribution in [0.1, 0.15) is 0 Å². The number of carbonyl (C=O) groups is 1. The van der Waals surface area contributed by atoms with E-state index >= 15 is 0 Å². The lowest BCUT2D eigenvalue weighted by Gasteiger charge is -1.93. The van der Waals surface area contributed by atoms with E-state index in [9.17, 15) is 13.9 Å². The molecule has 0 radical (unpaired) electrons. The highest BCUT2D eigenvalue weighted by Gasteiger charge is 2.31. The molecule has 2 atom stereocenters. The molecule has 0 spiro atoms. The zero-order chi connectivity index (χ0) is 10.1. The molecule has 0 aliphatic heterocycles. The molecular formula is C3H9NO6P2+2. The minimum Gasteiger partial charge on any atom is -0.351 e. The molecule has 12 heavy (non-hydrogen) atoms. The number of carbonyl (C=O) groups excluding carboxylic acids is 1. The second kappa shape index (κ2) is 8.64. The Morgan fingerprint density at radius 3 is 1.50 bits per heavy atom. The first-order valence-corrected chi connectivity index (χ1v) is 4.78. The van der Waals surface area contributed by atoms with Crippen LogP contribution in [0.5, 0.6) is 0 Å². The molecule has 9 heteroatoms. The van der Waals surface area contributed by atoms with Gasteiger partial charge in [0.25, 0.3) is 0 Å². The summed E-state index contributed by atoms with van der Waals surface area (Å²) in [5, 5.41) is 0. The molecular weight excluding hydrogens is 208 g/mol. The first kappa shape index (κ1) is 14.1. The van der Waals surface area contributed by atoms with Gasteiger partial charge in [-0.25, -0.2) is 0 Å². The first-order chi connectivity index (χ1) is 5.40. The summed E-state index contributed by atoms with van der Waals surface area (Å²) in [6.07, 6.45) is 0.750. The van der Waals surface area contributed by atoms with Crippen molar-refractivity contribution in [3.05, 3.63) is 0 Å². The summed E-state index contributed by atoms with van der Waals surface area (Å²) in [5.41, 5.74) is 0. The Hall–Kier alpha value is -0.450. The Bertz CT molecular complexity index is 158. The molecule has 0 aromatic carbocycles. The molecule has 1 amide bonds. The van der Waals surface area contributed by atoms with E-state index < -0.39 is 16.5 Å². The van der Waals surface area contributed by atoms with E-state index in [1.807, 2.05) is 0 Å². The summed E-state index contributed by atoms with van der Waals surface area (Å²) in [6.45, 7) is 0. The number of nitrogens with zero attached hydrogens (tertiary/aromatic N) is 1. The Labute approximate surface area is 70.9 Å². The lowest BCUT2D eigenvalue weighted by atomic mass is 11.0. The SMILES string of the molecule is CN(C)C=O.O=[P+](O)O[P+](=O)O. The highest BCUT2D eigenvalue weighted by atomic mass is 31.2. The molecule has 2 unspecified atom stereocenters. The Morgan fingerprint density at radius 1 is 1.25 bits per heavy atom. The monoisotopic (exact) mass is 217 g/mol. The van der Waals surface area contributed by atoms with Gasteiger partial charge in [0.15, 0.2) is 4.31 Å². The van der Waals surface area contributed by atoms with E-state index in [-0.39, 0.29) is 0 Å². The molecule has 0 heterocycles. The van der Waals surface area contributed by atoms with Gasteiger partial charge >= 0.3 is 16.5 Å². The zero-order valence-electron chi connectivity index (χ0n) is 6.45. The number of hydrogen-bond acceptors (Lipinski definition) is 4. The number of amides is 1. The summed E-state index contributed by atoms with van der Waals surface area (Å²) in [7, 11) is -2.47. The molecule has 70 valence electrons. The Balaban J connectivity index is 0. The van der Waals surface area contributed by atoms with E-state index in [2.05, 4.69) is 4.31 Å². The van der Waals surface area contributed by atoms with Crippen LogP contribution in [0.25, 0.3) is 0 Å². The van der Waals surface area contributed by atoms with Crippen LogP contribution >= 0.6 is 16.5 Å². The highest BCUT2D eigenvalue weighted by molar-refractivity contribution is 7.46. The second-order valence-electron chi connectivity index (χ2n) is 1.63. The fourth-order valence-corrected chi connectivity index (χ4v) is 0.538. The first-order valence-electron chi connectivity index (χ1n) is 2.52. The van der Waals surface area contributed by atoms with Gasteiger partial charge in [-0.15, -0.1) is 9.79 Å². The zero-order valence-corrected chi connectivity index (χ0v) is 8.24. The lowest BCUT2D eigenvalue weighted by molar-refractivity contribution is -0.115. The van der Waals surface area contributed by atoms with E-state index in [1.165, 1.54) is 4.90 Å². The largest absolute Gasteiger partial charge is 0.745 e. The molecule has 0 saturated carbocycles. The second-order valence-corrected chi connectivity index (χ2v) is 3.23. The van der Waals surface area contributed by atoms with Gasteiger partial charge in [0.2, 0.25) is 6.41 Å². The van der Waals surface area contributed by atoms with Crippen LogP contribution in [0.2, 0.25) is 0 Å². The maximum Gasteiger partial charge on any atom is 0.745 e. The average Bonchev–Trinajstić information content (AvgIpc) is 1.85. The van der Waals surface area contributed by atoms with Crippen LogP contribution in [-0.2, 0) is 18.2 Å². The summed E-state index contributed by atoms with van der Waals surface area (Å²) >= 11 is 0. The van der Waals surface area contributed by atoms with Crippen molar-refractivity contribution in [3.8, 4) is 0 Å². The third kappa shape index (κ3) is 22.7. The average molecular weight is 217 g/mol. The van der Waals surface area contributed by atoms with Crippen molar-refractivity contribution in [3.63, 3.8) is 0 Å². The summed E-state index contributed by atoms with van der Waals surface area (Å²) in [4.78, 5) is 26.2. The van der Waals surface area contributed by atoms with E-state index in [0.717, 1.165) is 6.41 Å². The van der Waals surface area contributed by atoms with Gasteiger partial charge < -0.3 is 4.90 Å². The number of rotatable bonds is 3. The van der Waals surface area contributed by atoms with Crippen molar-refractivity contribution in [2.24, 2.45) is 0 Å². The summed E-state index contributed by atoms with van der Waals surface area (Å²) in [5.74, 6) is 0. The van der Waals surface area contributed by atoms with Gasteiger partial charge in [-0.2, -0.15) is 0 Å². The van der Waals surface area contributed by atoms with Crippen molar-refractivity contribution in [1.82, 2.24) is 4.90 Å². The van der Waals surface area contributed by atoms with E-state index in [0.29, 0.717) is 0 Å². The van der Waals surface area contributed by atoms with Crippen molar-refractivity contribution >= 4 is 22.9 Å². The quantitative estimate of drug-likeness (QED) is 0.509. The maximum atomic E-state index is 9.43. The van der Waals surface area contributed by atoms with Gasteiger partial charge in [0, 0.05) is 23.2 Å². The molecule has 0 aliphatic carbocycles. The molecule has 0 aromatic rings. The standard InChI is InChI=1S/C3H7NO.O5P2/c1-4(2)3-5;1-6(2)5-7(3)4/h3H,1-2H3;/p+2.